The Bertz CT molecular complexity index is 367. The highest BCUT2D eigenvalue weighted by atomic mass is 16.5. The Morgan fingerprint density at radius 1 is 1.47 bits per heavy atom. The number of hydrogen-bond donors (Lipinski definition) is 0. The van der Waals surface area contributed by atoms with Crippen LogP contribution < -0.4 is 0 Å². The number of hydrogen-bond acceptors (Lipinski definition) is 4. The van der Waals surface area contributed by atoms with Crippen molar-refractivity contribution in [1.29, 1.82) is 0 Å². The van der Waals surface area contributed by atoms with Gasteiger partial charge < -0.3 is 13.9 Å². The van der Waals surface area contributed by atoms with Gasteiger partial charge in [-0.15, -0.1) is 0 Å². The van der Waals surface area contributed by atoms with Gasteiger partial charge in [-0.1, -0.05) is 6.92 Å². The van der Waals surface area contributed by atoms with Crippen molar-refractivity contribution in [3.05, 3.63) is 23.7 Å². The van der Waals surface area contributed by atoms with E-state index in [1.54, 1.807) is 0 Å². The molecule has 0 saturated carbocycles. The molecule has 4 nitrogen and oxygen atoms in total. The summed E-state index contributed by atoms with van der Waals surface area (Å²) in [6.07, 6.45) is 3.20. The maximum atomic E-state index is 11.4. The van der Waals surface area contributed by atoms with Gasteiger partial charge in [0.2, 0.25) is 0 Å². The van der Waals surface area contributed by atoms with Crippen molar-refractivity contribution >= 4 is 12.3 Å². The molecule has 0 saturated heterocycles. The average Bonchev–Trinajstić information content (AvgIpc) is 2.80. The van der Waals surface area contributed by atoms with Gasteiger partial charge in [0.1, 0.15) is 17.8 Å². The minimum atomic E-state index is -0.210. The average molecular weight is 238 g/mol. The molecule has 1 heterocycles. The van der Waals surface area contributed by atoms with Crippen LogP contribution in [0.4, 0.5) is 0 Å². The van der Waals surface area contributed by atoms with Crippen molar-refractivity contribution in [2.24, 2.45) is 5.92 Å². The summed E-state index contributed by atoms with van der Waals surface area (Å²) in [5.74, 6) is 1.18. The van der Waals surface area contributed by atoms with Crippen LogP contribution in [0.3, 0.4) is 0 Å². The fraction of sp³-hybridized carbons (Fsp3) is 0.538. The standard InChI is InChI=1S/C13H18O4/c1-3-10(13(15)16-2)9-12-7-6-11(17-12)5-4-8-14/h6-8,10H,3-5,9H2,1-2H3. The molecule has 0 spiro atoms. The molecule has 4 heteroatoms. The lowest BCUT2D eigenvalue weighted by Gasteiger charge is -2.09. The monoisotopic (exact) mass is 238 g/mol. The number of esters is 1. The third-order valence-electron chi connectivity index (χ3n) is 2.70. The molecule has 94 valence electrons. The molecule has 0 bridgehead atoms. The second-order valence-electron chi connectivity index (χ2n) is 3.91. The van der Waals surface area contributed by atoms with E-state index < -0.39 is 0 Å². The lowest BCUT2D eigenvalue weighted by molar-refractivity contribution is -0.145. The van der Waals surface area contributed by atoms with Gasteiger partial charge in [-0.2, -0.15) is 0 Å². The van der Waals surface area contributed by atoms with Crippen molar-refractivity contribution in [3.8, 4) is 0 Å². The van der Waals surface area contributed by atoms with Crippen molar-refractivity contribution in [1.82, 2.24) is 0 Å². The van der Waals surface area contributed by atoms with Crippen LogP contribution in [-0.4, -0.2) is 19.4 Å². The lowest BCUT2D eigenvalue weighted by atomic mass is 10.0. The first-order chi connectivity index (χ1) is 8.21. The zero-order valence-corrected chi connectivity index (χ0v) is 10.3. The highest BCUT2D eigenvalue weighted by Crippen LogP contribution is 2.17. The van der Waals surface area contributed by atoms with Gasteiger partial charge in [0.25, 0.3) is 0 Å². The molecular weight excluding hydrogens is 220 g/mol. The van der Waals surface area contributed by atoms with Gasteiger partial charge in [-0.05, 0) is 18.6 Å². The predicted octanol–water partition coefficient (Wildman–Crippen LogP) is 2.15. The zero-order chi connectivity index (χ0) is 12.7. The number of furan rings is 1. The highest BCUT2D eigenvalue weighted by molar-refractivity contribution is 5.72. The third-order valence-corrected chi connectivity index (χ3v) is 2.70. The molecule has 0 aliphatic rings. The second-order valence-corrected chi connectivity index (χ2v) is 3.91. The number of rotatable bonds is 7. The van der Waals surface area contributed by atoms with Gasteiger partial charge in [0.15, 0.2) is 0 Å². The van der Waals surface area contributed by atoms with Crippen LogP contribution in [0.1, 0.15) is 31.3 Å². The number of carbonyl (C=O) groups is 2. The SMILES string of the molecule is CCC(Cc1ccc(CCC=O)o1)C(=O)OC. The zero-order valence-electron chi connectivity index (χ0n) is 10.3. The Balaban J connectivity index is 2.57. The van der Waals surface area contributed by atoms with Crippen molar-refractivity contribution in [2.75, 3.05) is 7.11 Å². The van der Waals surface area contributed by atoms with E-state index in [4.69, 9.17) is 9.15 Å². The Hall–Kier alpha value is -1.58. The highest BCUT2D eigenvalue weighted by Gasteiger charge is 2.19. The van der Waals surface area contributed by atoms with Crippen LogP contribution >= 0.6 is 0 Å². The first kappa shape index (κ1) is 13.5. The summed E-state index contributed by atoms with van der Waals surface area (Å²) in [5.41, 5.74) is 0. The van der Waals surface area contributed by atoms with Gasteiger partial charge in [-0.3, -0.25) is 4.79 Å². The quantitative estimate of drug-likeness (QED) is 0.539. The van der Waals surface area contributed by atoms with E-state index in [0.29, 0.717) is 19.3 Å². The van der Waals surface area contributed by atoms with Crippen LogP contribution in [0.5, 0.6) is 0 Å². The summed E-state index contributed by atoms with van der Waals surface area (Å²) in [5, 5.41) is 0. The first-order valence-corrected chi connectivity index (χ1v) is 5.80. The van der Waals surface area contributed by atoms with E-state index in [-0.39, 0.29) is 11.9 Å². The van der Waals surface area contributed by atoms with Crippen LogP contribution in [0.2, 0.25) is 0 Å². The molecule has 0 aliphatic heterocycles. The maximum Gasteiger partial charge on any atom is 0.309 e. The van der Waals surface area contributed by atoms with Gasteiger partial charge in [-0.25, -0.2) is 0 Å². The van der Waals surface area contributed by atoms with Crippen LogP contribution in [0, 0.1) is 5.92 Å². The topological polar surface area (TPSA) is 56.5 Å². The van der Waals surface area contributed by atoms with Crippen LogP contribution in [0.25, 0.3) is 0 Å². The normalized spacial score (nSPS) is 12.1. The summed E-state index contributed by atoms with van der Waals surface area (Å²) >= 11 is 0. The number of aldehydes is 1. The molecule has 1 aromatic heterocycles. The Kier molecular flexibility index (Phi) is 5.46. The third kappa shape index (κ3) is 4.06. The fourth-order valence-corrected chi connectivity index (χ4v) is 1.67. The summed E-state index contributed by atoms with van der Waals surface area (Å²) in [7, 11) is 1.39. The minimum absolute atomic E-state index is 0.162. The Morgan fingerprint density at radius 3 is 2.76 bits per heavy atom. The van der Waals surface area contributed by atoms with Crippen molar-refractivity contribution in [2.45, 2.75) is 32.6 Å². The largest absolute Gasteiger partial charge is 0.469 e. The molecule has 0 amide bonds. The van der Waals surface area contributed by atoms with Crippen LogP contribution in [0.15, 0.2) is 16.5 Å². The number of methoxy groups -OCH3 is 1. The molecule has 1 rings (SSSR count). The summed E-state index contributed by atoms with van der Waals surface area (Å²) in [6.45, 7) is 1.94. The molecule has 17 heavy (non-hydrogen) atoms. The summed E-state index contributed by atoms with van der Waals surface area (Å²) < 4.78 is 10.3. The molecule has 1 aromatic rings. The van der Waals surface area contributed by atoms with Gasteiger partial charge in [0.05, 0.1) is 13.0 Å². The van der Waals surface area contributed by atoms with E-state index in [2.05, 4.69) is 0 Å². The molecule has 0 radical (unpaired) electrons. The lowest BCUT2D eigenvalue weighted by Crippen LogP contribution is -2.17. The van der Waals surface area contributed by atoms with E-state index in [9.17, 15) is 9.59 Å². The molecule has 0 aliphatic carbocycles. The van der Waals surface area contributed by atoms with Crippen LogP contribution in [-0.2, 0) is 27.2 Å². The Morgan fingerprint density at radius 2 is 2.18 bits per heavy atom. The van der Waals surface area contributed by atoms with Crippen molar-refractivity contribution in [3.63, 3.8) is 0 Å². The molecule has 1 unspecified atom stereocenters. The molecule has 1 atom stereocenters. The summed E-state index contributed by atoms with van der Waals surface area (Å²) in [4.78, 5) is 21.7. The van der Waals surface area contributed by atoms with Gasteiger partial charge in [0, 0.05) is 19.3 Å². The summed E-state index contributed by atoms with van der Waals surface area (Å²) in [6, 6.07) is 3.70. The maximum absolute atomic E-state index is 11.4. The predicted molar refractivity (Wildman–Crippen MR) is 62.6 cm³/mol. The Labute approximate surface area is 101 Å². The van der Waals surface area contributed by atoms with E-state index in [0.717, 1.165) is 24.2 Å². The molecule has 0 N–H and O–H groups in total. The van der Waals surface area contributed by atoms with E-state index in [1.807, 2.05) is 19.1 Å². The second kappa shape index (κ2) is 6.89. The van der Waals surface area contributed by atoms with Crippen molar-refractivity contribution < 1.29 is 18.7 Å². The molecule has 0 fully saturated rings. The van der Waals surface area contributed by atoms with Gasteiger partial charge >= 0.3 is 5.97 Å². The molecule has 0 aromatic carbocycles. The number of aryl methyl sites for hydroxylation is 1. The number of ether oxygens (including phenoxy) is 1. The van der Waals surface area contributed by atoms with E-state index >= 15 is 0 Å². The molecular formula is C13H18O4. The fourth-order valence-electron chi connectivity index (χ4n) is 1.67. The smallest absolute Gasteiger partial charge is 0.309 e. The minimum Gasteiger partial charge on any atom is -0.469 e. The number of carbonyl (C=O) groups excluding carboxylic acids is 2. The first-order valence-electron chi connectivity index (χ1n) is 5.80. The van der Waals surface area contributed by atoms with E-state index in [1.165, 1.54) is 7.11 Å².